The maximum absolute atomic E-state index is 5.53. The van der Waals surface area contributed by atoms with Crippen LogP contribution in [-0.4, -0.2) is 46.7 Å². The maximum atomic E-state index is 5.53. The lowest BCUT2D eigenvalue weighted by molar-refractivity contribution is -1.02. The zero-order valence-corrected chi connectivity index (χ0v) is 16.8. The van der Waals surface area contributed by atoms with Crippen LogP contribution in [0.3, 0.4) is 0 Å². The van der Waals surface area contributed by atoms with Gasteiger partial charge in [-0.25, -0.2) is 0 Å². The molecule has 0 aliphatic carbocycles. The molecule has 4 nitrogen and oxygen atoms in total. The molecule has 140 valence electrons. The Morgan fingerprint density at radius 3 is 2.08 bits per heavy atom. The Morgan fingerprint density at radius 1 is 0.846 bits per heavy atom. The number of thioether (sulfide) groups is 1. The highest BCUT2D eigenvalue weighted by molar-refractivity contribution is 7.98. The fraction of sp³-hybridized carbons (Fsp3) is 0.429. The minimum absolute atomic E-state index is 0.901. The van der Waals surface area contributed by atoms with Gasteiger partial charge in [0.2, 0.25) is 0 Å². The summed E-state index contributed by atoms with van der Waals surface area (Å²) in [6.45, 7) is 6.94. The molecule has 0 radical (unpaired) electrons. The first-order valence-corrected chi connectivity index (χ1v) is 10.4. The molecule has 1 heterocycles. The summed E-state index contributed by atoms with van der Waals surface area (Å²) in [5.74, 6) is 1.86. The van der Waals surface area contributed by atoms with E-state index in [4.69, 9.17) is 9.47 Å². The van der Waals surface area contributed by atoms with Crippen molar-refractivity contribution in [2.45, 2.75) is 18.0 Å². The minimum atomic E-state index is 0.901. The van der Waals surface area contributed by atoms with Crippen LogP contribution in [0, 0.1) is 0 Å². The Balaban J connectivity index is 1.53. The van der Waals surface area contributed by atoms with Gasteiger partial charge in [0.25, 0.3) is 0 Å². The molecule has 0 unspecified atom stereocenters. The lowest BCUT2D eigenvalue weighted by Crippen LogP contribution is -3.27. The van der Waals surface area contributed by atoms with E-state index in [0.717, 1.165) is 24.6 Å². The van der Waals surface area contributed by atoms with E-state index in [2.05, 4.69) is 36.6 Å². The summed E-state index contributed by atoms with van der Waals surface area (Å²) in [4.78, 5) is 4.64. The molecule has 0 amide bonds. The number of hydrogen-bond donors (Lipinski definition) is 2. The molecule has 1 aliphatic heterocycles. The molecule has 2 aromatic rings. The average Bonchev–Trinajstić information content (AvgIpc) is 2.70. The second-order valence-corrected chi connectivity index (χ2v) is 7.76. The van der Waals surface area contributed by atoms with Crippen LogP contribution >= 0.6 is 11.8 Å². The largest absolute Gasteiger partial charge is 0.497 e. The maximum Gasteiger partial charge on any atom is 0.127 e. The standard InChI is InChI=1S/C21H28N2O2S/c1-24-19-6-9-21(25-2)18(14-19)16-23-12-10-22(11-13-23)15-17-4-7-20(26-3)8-5-17/h4-9,14H,10-13,15-16H2,1-3H3/p+2. The molecule has 3 rings (SSSR count). The van der Waals surface area contributed by atoms with E-state index < -0.39 is 0 Å². The first kappa shape index (κ1) is 19.1. The second kappa shape index (κ2) is 9.31. The summed E-state index contributed by atoms with van der Waals surface area (Å²) in [7, 11) is 3.46. The zero-order chi connectivity index (χ0) is 18.4. The summed E-state index contributed by atoms with van der Waals surface area (Å²) >= 11 is 1.80. The van der Waals surface area contributed by atoms with Gasteiger partial charge in [0, 0.05) is 10.5 Å². The van der Waals surface area contributed by atoms with Gasteiger partial charge in [-0.05, 0) is 36.6 Å². The number of quaternary nitrogens is 2. The van der Waals surface area contributed by atoms with E-state index in [0.29, 0.717) is 0 Å². The molecule has 2 aromatic carbocycles. The Morgan fingerprint density at radius 2 is 1.50 bits per heavy atom. The van der Waals surface area contributed by atoms with Crippen molar-refractivity contribution in [3.63, 3.8) is 0 Å². The van der Waals surface area contributed by atoms with Crippen molar-refractivity contribution in [2.75, 3.05) is 46.7 Å². The Hall–Kier alpha value is -1.69. The molecular weight excluding hydrogens is 344 g/mol. The average molecular weight is 375 g/mol. The molecule has 5 heteroatoms. The van der Waals surface area contributed by atoms with Crippen molar-refractivity contribution in [1.82, 2.24) is 0 Å². The normalized spacial score (nSPS) is 20.0. The lowest BCUT2D eigenvalue weighted by atomic mass is 10.1. The predicted molar refractivity (Wildman–Crippen MR) is 107 cm³/mol. The number of nitrogens with one attached hydrogen (secondary N) is 2. The van der Waals surface area contributed by atoms with Crippen molar-refractivity contribution in [3.05, 3.63) is 53.6 Å². The van der Waals surface area contributed by atoms with Gasteiger partial charge in [0.1, 0.15) is 50.8 Å². The summed E-state index contributed by atoms with van der Waals surface area (Å²) in [5, 5.41) is 0. The van der Waals surface area contributed by atoms with Crippen molar-refractivity contribution in [2.24, 2.45) is 0 Å². The van der Waals surface area contributed by atoms with Gasteiger partial charge in [-0.2, -0.15) is 0 Å². The third kappa shape index (κ3) is 4.93. The van der Waals surface area contributed by atoms with E-state index in [1.54, 1.807) is 35.8 Å². The first-order chi connectivity index (χ1) is 12.7. The SMILES string of the molecule is COc1ccc(OC)c(C[NH+]2CC[NH+](Cc3ccc(SC)cc3)CC2)c1. The Bertz CT molecular complexity index is 698. The van der Waals surface area contributed by atoms with Gasteiger partial charge < -0.3 is 19.3 Å². The highest BCUT2D eigenvalue weighted by Gasteiger charge is 2.24. The Kier molecular flexibility index (Phi) is 6.83. The molecule has 0 spiro atoms. The van der Waals surface area contributed by atoms with Crippen LogP contribution in [0.4, 0.5) is 0 Å². The third-order valence-electron chi connectivity index (χ3n) is 5.21. The molecule has 1 aliphatic rings. The highest BCUT2D eigenvalue weighted by atomic mass is 32.2. The van der Waals surface area contributed by atoms with Crippen LogP contribution in [0.1, 0.15) is 11.1 Å². The molecule has 0 bridgehead atoms. The fourth-order valence-corrected chi connectivity index (χ4v) is 4.04. The van der Waals surface area contributed by atoms with E-state index in [1.807, 2.05) is 12.1 Å². The molecule has 26 heavy (non-hydrogen) atoms. The summed E-state index contributed by atoms with van der Waals surface area (Å²) in [5.41, 5.74) is 2.67. The number of benzene rings is 2. The Labute approximate surface area is 161 Å². The number of methoxy groups -OCH3 is 2. The van der Waals surface area contributed by atoms with Crippen LogP contribution in [0.15, 0.2) is 47.4 Å². The number of ether oxygens (including phenoxy) is 2. The molecule has 1 fully saturated rings. The van der Waals surface area contributed by atoms with Crippen molar-refractivity contribution in [1.29, 1.82) is 0 Å². The van der Waals surface area contributed by atoms with Crippen LogP contribution < -0.4 is 19.3 Å². The lowest BCUT2D eigenvalue weighted by Gasteiger charge is -2.30. The van der Waals surface area contributed by atoms with Crippen molar-refractivity contribution in [3.8, 4) is 11.5 Å². The van der Waals surface area contributed by atoms with Gasteiger partial charge >= 0.3 is 0 Å². The predicted octanol–water partition coefficient (Wildman–Crippen LogP) is 0.909. The van der Waals surface area contributed by atoms with Crippen LogP contribution in [0.2, 0.25) is 0 Å². The summed E-state index contributed by atoms with van der Waals surface area (Å²) in [6, 6.07) is 15.1. The van der Waals surface area contributed by atoms with E-state index >= 15 is 0 Å². The van der Waals surface area contributed by atoms with E-state index in [9.17, 15) is 0 Å². The molecule has 0 saturated carbocycles. The fourth-order valence-electron chi connectivity index (χ4n) is 3.63. The van der Waals surface area contributed by atoms with E-state index in [1.165, 1.54) is 42.2 Å². The number of rotatable bonds is 7. The number of piperazine rings is 1. The molecule has 0 aromatic heterocycles. The molecular formula is C21H30N2O2S+2. The van der Waals surface area contributed by atoms with Gasteiger partial charge in [-0.3, -0.25) is 0 Å². The first-order valence-electron chi connectivity index (χ1n) is 9.22. The highest BCUT2D eigenvalue weighted by Crippen LogP contribution is 2.23. The topological polar surface area (TPSA) is 27.3 Å². The second-order valence-electron chi connectivity index (χ2n) is 6.88. The molecule has 2 N–H and O–H groups in total. The van der Waals surface area contributed by atoms with E-state index in [-0.39, 0.29) is 0 Å². The van der Waals surface area contributed by atoms with Gasteiger partial charge in [-0.15, -0.1) is 11.8 Å². The van der Waals surface area contributed by atoms with Gasteiger partial charge in [-0.1, -0.05) is 12.1 Å². The van der Waals surface area contributed by atoms with Crippen LogP contribution in [0.5, 0.6) is 11.5 Å². The van der Waals surface area contributed by atoms with Gasteiger partial charge in [0.15, 0.2) is 0 Å². The van der Waals surface area contributed by atoms with Crippen LogP contribution in [0.25, 0.3) is 0 Å². The van der Waals surface area contributed by atoms with Crippen molar-refractivity contribution < 1.29 is 19.3 Å². The zero-order valence-electron chi connectivity index (χ0n) is 16.0. The minimum Gasteiger partial charge on any atom is -0.497 e. The quantitative estimate of drug-likeness (QED) is 0.706. The smallest absolute Gasteiger partial charge is 0.127 e. The van der Waals surface area contributed by atoms with Crippen molar-refractivity contribution >= 4 is 11.8 Å². The summed E-state index contributed by atoms with van der Waals surface area (Å²) < 4.78 is 10.9. The van der Waals surface area contributed by atoms with Crippen LogP contribution in [-0.2, 0) is 13.1 Å². The molecule has 1 saturated heterocycles. The van der Waals surface area contributed by atoms with Gasteiger partial charge in [0.05, 0.1) is 19.8 Å². The summed E-state index contributed by atoms with van der Waals surface area (Å²) in [6.07, 6.45) is 2.12. The number of hydrogen-bond acceptors (Lipinski definition) is 3. The monoisotopic (exact) mass is 374 g/mol. The molecule has 0 atom stereocenters. The third-order valence-corrected chi connectivity index (χ3v) is 5.95.